The largest absolute Gasteiger partial charge is 0.493 e. The van der Waals surface area contributed by atoms with E-state index in [1.165, 1.54) is 10.9 Å². The van der Waals surface area contributed by atoms with Crippen LogP contribution in [-0.2, 0) is 9.89 Å². The van der Waals surface area contributed by atoms with Crippen LogP contribution in [0.1, 0.15) is 50.0 Å². The third kappa shape index (κ3) is 4.82. The molecule has 2 aromatic rings. The van der Waals surface area contributed by atoms with Crippen LogP contribution in [0, 0.1) is 6.92 Å². The first-order valence-corrected chi connectivity index (χ1v) is 10.2. The van der Waals surface area contributed by atoms with E-state index in [-0.39, 0.29) is 11.9 Å². The van der Waals surface area contributed by atoms with Crippen LogP contribution in [0.15, 0.2) is 36.4 Å². The lowest BCUT2D eigenvalue weighted by Crippen LogP contribution is -2.23. The van der Waals surface area contributed by atoms with Crippen LogP contribution >= 0.6 is 8.58 Å². The van der Waals surface area contributed by atoms with E-state index in [1.54, 1.807) is 14.2 Å². The third-order valence-corrected chi connectivity index (χ3v) is 7.09. The van der Waals surface area contributed by atoms with Crippen molar-refractivity contribution in [1.29, 1.82) is 0 Å². The first-order valence-electron chi connectivity index (χ1n) is 9.23. The summed E-state index contributed by atoms with van der Waals surface area (Å²) in [6.45, 7) is 8.54. The van der Waals surface area contributed by atoms with Gasteiger partial charge in [0.05, 0.1) is 13.2 Å². The first kappa shape index (κ1) is 21.7. The molecule has 5 heteroatoms. The minimum absolute atomic E-state index is 0.159. The Morgan fingerprint density at radius 2 is 1.85 bits per heavy atom. The summed E-state index contributed by atoms with van der Waals surface area (Å²) in [5.74, 6) is 1.43. The van der Waals surface area contributed by atoms with Crippen molar-refractivity contribution in [3.05, 3.63) is 53.1 Å². The van der Waals surface area contributed by atoms with Crippen LogP contribution in [0.25, 0.3) is 0 Å². The molecule has 0 spiro atoms. The van der Waals surface area contributed by atoms with E-state index in [0.29, 0.717) is 14.3 Å². The minimum Gasteiger partial charge on any atom is -0.493 e. The van der Waals surface area contributed by atoms with Gasteiger partial charge in [0.2, 0.25) is 0 Å². The standard InChI is InChI=1S/C22H31O4P/c1-7-22(4,27-21-15(2)10-8-11-17(21)16(3)23)18-12-9-13-19(25-6)20(18)26-14-24-5/h8-13,16,23,27H,7,14H2,1-6H3. The molecule has 0 bridgehead atoms. The Kier molecular flexibility index (Phi) is 7.67. The number of rotatable bonds is 9. The molecule has 0 radical (unpaired) electrons. The average molecular weight is 390 g/mol. The molecule has 3 unspecified atom stereocenters. The highest BCUT2D eigenvalue weighted by Crippen LogP contribution is 2.50. The zero-order chi connectivity index (χ0) is 20.0. The van der Waals surface area contributed by atoms with Gasteiger partial charge in [-0.15, -0.1) is 0 Å². The molecule has 0 aliphatic carbocycles. The van der Waals surface area contributed by atoms with Gasteiger partial charge >= 0.3 is 0 Å². The summed E-state index contributed by atoms with van der Waals surface area (Å²) >= 11 is 0. The van der Waals surface area contributed by atoms with Gasteiger partial charge in [0.1, 0.15) is 0 Å². The first-order chi connectivity index (χ1) is 12.9. The summed E-state index contributed by atoms with van der Waals surface area (Å²) in [6, 6.07) is 12.1. The van der Waals surface area contributed by atoms with Gasteiger partial charge in [-0.05, 0) is 42.8 Å². The fourth-order valence-electron chi connectivity index (χ4n) is 3.21. The van der Waals surface area contributed by atoms with Crippen LogP contribution < -0.4 is 14.8 Å². The topological polar surface area (TPSA) is 47.9 Å². The molecule has 0 amide bonds. The monoisotopic (exact) mass is 390 g/mol. The predicted molar refractivity (Wildman–Crippen MR) is 113 cm³/mol. The third-order valence-electron chi connectivity index (χ3n) is 4.98. The Balaban J connectivity index is 2.56. The van der Waals surface area contributed by atoms with Gasteiger partial charge in [0.25, 0.3) is 0 Å². The van der Waals surface area contributed by atoms with Crippen molar-refractivity contribution in [2.45, 2.75) is 45.4 Å². The second-order valence-electron chi connectivity index (χ2n) is 6.91. The molecule has 0 heterocycles. The molecule has 0 aliphatic rings. The fourth-order valence-corrected chi connectivity index (χ4v) is 4.99. The number of methoxy groups -OCH3 is 2. The molecule has 4 nitrogen and oxygen atoms in total. The zero-order valence-corrected chi connectivity index (χ0v) is 18.1. The Morgan fingerprint density at radius 3 is 2.44 bits per heavy atom. The molecule has 148 valence electrons. The van der Waals surface area contributed by atoms with Crippen LogP contribution in [0.4, 0.5) is 0 Å². The van der Waals surface area contributed by atoms with Crippen molar-refractivity contribution in [2.24, 2.45) is 0 Å². The highest BCUT2D eigenvalue weighted by atomic mass is 31.1. The zero-order valence-electron chi connectivity index (χ0n) is 17.1. The molecule has 2 aromatic carbocycles. The van der Waals surface area contributed by atoms with Crippen LogP contribution in [0.3, 0.4) is 0 Å². The maximum atomic E-state index is 10.3. The summed E-state index contributed by atoms with van der Waals surface area (Å²) in [6.07, 6.45) is 0.429. The fraction of sp³-hybridized carbons (Fsp3) is 0.455. The molecule has 27 heavy (non-hydrogen) atoms. The van der Waals surface area contributed by atoms with E-state index in [2.05, 4.69) is 32.9 Å². The molecule has 2 rings (SSSR count). The number of aryl methyl sites for hydroxylation is 1. The molecular formula is C22H31O4P. The van der Waals surface area contributed by atoms with Gasteiger partial charge in [-0.2, -0.15) is 0 Å². The van der Waals surface area contributed by atoms with Crippen molar-refractivity contribution in [1.82, 2.24) is 0 Å². The summed E-state index contributed by atoms with van der Waals surface area (Å²) < 4.78 is 16.6. The Bertz CT molecular complexity index is 760. The van der Waals surface area contributed by atoms with Gasteiger partial charge in [-0.3, -0.25) is 0 Å². The Hall–Kier alpha value is -1.61. The second kappa shape index (κ2) is 9.54. The van der Waals surface area contributed by atoms with Crippen molar-refractivity contribution in [3.63, 3.8) is 0 Å². The van der Waals surface area contributed by atoms with Gasteiger partial charge in [-0.1, -0.05) is 52.8 Å². The molecule has 0 saturated heterocycles. The lowest BCUT2D eigenvalue weighted by atomic mass is 9.96. The van der Waals surface area contributed by atoms with E-state index in [4.69, 9.17) is 14.2 Å². The molecule has 0 aliphatic heterocycles. The molecule has 0 fully saturated rings. The summed E-state index contributed by atoms with van der Waals surface area (Å²) in [5.41, 5.74) is 3.29. The lowest BCUT2D eigenvalue weighted by Gasteiger charge is -2.33. The van der Waals surface area contributed by atoms with E-state index < -0.39 is 6.10 Å². The molecule has 1 N–H and O–H groups in total. The van der Waals surface area contributed by atoms with Crippen LogP contribution in [-0.4, -0.2) is 26.1 Å². The number of para-hydroxylation sites is 1. The normalized spacial score (nSPS) is 14.9. The number of benzene rings is 2. The van der Waals surface area contributed by atoms with E-state index in [1.807, 2.05) is 31.2 Å². The van der Waals surface area contributed by atoms with Gasteiger partial charge in [-0.25, -0.2) is 0 Å². The highest BCUT2D eigenvalue weighted by Gasteiger charge is 2.32. The SMILES string of the molecule is CCC(C)(Pc1c(C)cccc1C(C)O)c1cccc(OC)c1OCOC. The second-order valence-corrected chi connectivity index (χ2v) is 8.77. The van der Waals surface area contributed by atoms with Crippen LogP contribution in [0.5, 0.6) is 11.5 Å². The summed E-state index contributed by atoms with van der Waals surface area (Å²) in [5, 5.41) is 11.3. The smallest absolute Gasteiger partial charge is 0.188 e. The quantitative estimate of drug-likeness (QED) is 0.499. The van der Waals surface area contributed by atoms with Gasteiger partial charge < -0.3 is 19.3 Å². The molecular weight excluding hydrogens is 359 g/mol. The maximum absolute atomic E-state index is 10.3. The number of aliphatic hydroxyl groups excluding tert-OH is 1. The average Bonchev–Trinajstić information content (AvgIpc) is 2.67. The number of ether oxygens (including phenoxy) is 3. The molecule has 0 saturated carbocycles. The van der Waals surface area contributed by atoms with Gasteiger partial charge in [0.15, 0.2) is 18.3 Å². The molecule has 3 atom stereocenters. The van der Waals surface area contributed by atoms with E-state index in [9.17, 15) is 5.11 Å². The number of hydrogen-bond acceptors (Lipinski definition) is 4. The summed E-state index contributed by atoms with van der Waals surface area (Å²) in [7, 11) is 3.74. The van der Waals surface area contributed by atoms with Crippen LogP contribution in [0.2, 0.25) is 0 Å². The van der Waals surface area contributed by atoms with E-state index in [0.717, 1.165) is 23.3 Å². The van der Waals surface area contributed by atoms with E-state index >= 15 is 0 Å². The Morgan fingerprint density at radius 1 is 1.15 bits per heavy atom. The van der Waals surface area contributed by atoms with Crippen molar-refractivity contribution in [2.75, 3.05) is 21.0 Å². The van der Waals surface area contributed by atoms with Crippen molar-refractivity contribution >= 4 is 13.9 Å². The van der Waals surface area contributed by atoms with Gasteiger partial charge in [0, 0.05) is 17.8 Å². The molecule has 0 aromatic heterocycles. The number of hydrogen-bond donors (Lipinski definition) is 1. The highest BCUT2D eigenvalue weighted by molar-refractivity contribution is 7.48. The summed E-state index contributed by atoms with van der Waals surface area (Å²) in [4.78, 5) is 0. The number of aliphatic hydroxyl groups is 1. The lowest BCUT2D eigenvalue weighted by molar-refractivity contribution is 0.0480. The maximum Gasteiger partial charge on any atom is 0.188 e. The van der Waals surface area contributed by atoms with Crippen molar-refractivity contribution < 1.29 is 19.3 Å². The Labute approximate surface area is 164 Å². The predicted octanol–water partition coefficient (Wildman–Crippen LogP) is 4.67. The van der Waals surface area contributed by atoms with Crippen molar-refractivity contribution in [3.8, 4) is 11.5 Å². The minimum atomic E-state index is -0.497.